The van der Waals surface area contributed by atoms with Gasteiger partial charge in [0.15, 0.2) is 6.54 Å². The highest BCUT2D eigenvalue weighted by Crippen LogP contribution is 2.01. The van der Waals surface area contributed by atoms with Crippen molar-refractivity contribution in [3.8, 4) is 0 Å². The van der Waals surface area contributed by atoms with Crippen molar-refractivity contribution in [2.45, 2.75) is 27.3 Å². The zero-order valence-corrected chi connectivity index (χ0v) is 14.3. The van der Waals surface area contributed by atoms with Crippen molar-refractivity contribution in [3.05, 3.63) is 46.0 Å². The SMILES string of the molecule is CCN(CC)C(=O)C[NH+](C)Cc1cc(=O)n2cc(C)ccc2n1. The Labute approximate surface area is 136 Å². The Kier molecular flexibility index (Phi) is 5.50. The maximum atomic E-state index is 12.2. The number of rotatable bonds is 6. The molecule has 0 aromatic carbocycles. The molecule has 0 saturated carbocycles. The van der Waals surface area contributed by atoms with E-state index in [0.29, 0.717) is 24.4 Å². The maximum Gasteiger partial charge on any atom is 0.277 e. The molecule has 2 heterocycles. The second-order valence-electron chi connectivity index (χ2n) is 5.90. The van der Waals surface area contributed by atoms with Crippen molar-refractivity contribution in [3.63, 3.8) is 0 Å². The summed E-state index contributed by atoms with van der Waals surface area (Å²) >= 11 is 0. The fraction of sp³-hybridized carbons (Fsp3) is 0.471. The summed E-state index contributed by atoms with van der Waals surface area (Å²) in [6, 6.07) is 5.33. The molecule has 23 heavy (non-hydrogen) atoms. The van der Waals surface area contributed by atoms with Gasteiger partial charge in [-0.15, -0.1) is 0 Å². The van der Waals surface area contributed by atoms with Gasteiger partial charge in [-0.2, -0.15) is 0 Å². The molecule has 1 N–H and O–H groups in total. The van der Waals surface area contributed by atoms with Gasteiger partial charge in [0, 0.05) is 25.4 Å². The summed E-state index contributed by atoms with van der Waals surface area (Å²) in [4.78, 5) is 31.7. The van der Waals surface area contributed by atoms with Crippen LogP contribution in [0.15, 0.2) is 29.2 Å². The second kappa shape index (κ2) is 7.37. The Morgan fingerprint density at radius 2 is 2.00 bits per heavy atom. The molecule has 124 valence electrons. The quantitative estimate of drug-likeness (QED) is 0.808. The fourth-order valence-electron chi connectivity index (χ4n) is 2.67. The van der Waals surface area contributed by atoms with Crippen LogP contribution in [0, 0.1) is 6.92 Å². The number of quaternary nitrogens is 1. The molecule has 0 aliphatic carbocycles. The Bertz CT molecular complexity index is 750. The molecular formula is C17H25N4O2+. The highest BCUT2D eigenvalue weighted by atomic mass is 16.2. The smallest absolute Gasteiger partial charge is 0.277 e. The fourth-order valence-corrected chi connectivity index (χ4v) is 2.67. The van der Waals surface area contributed by atoms with Crippen molar-refractivity contribution < 1.29 is 9.69 Å². The van der Waals surface area contributed by atoms with E-state index in [4.69, 9.17) is 0 Å². The standard InChI is InChI=1S/C17H24N4O2/c1-5-20(6-2)17(23)12-19(4)11-14-9-16(22)21-10-13(3)7-8-15(21)18-14/h7-10H,5-6,11-12H2,1-4H3/p+1. The Morgan fingerprint density at radius 1 is 1.30 bits per heavy atom. The molecule has 2 aromatic heterocycles. The molecule has 0 saturated heterocycles. The molecule has 0 fully saturated rings. The molecule has 0 aliphatic rings. The highest BCUT2D eigenvalue weighted by Gasteiger charge is 2.16. The molecule has 0 bridgehead atoms. The zero-order valence-electron chi connectivity index (χ0n) is 14.3. The van der Waals surface area contributed by atoms with Gasteiger partial charge in [0.05, 0.1) is 7.05 Å². The monoisotopic (exact) mass is 317 g/mol. The summed E-state index contributed by atoms with van der Waals surface area (Å²) in [5, 5.41) is 0. The van der Waals surface area contributed by atoms with Gasteiger partial charge in [0.1, 0.15) is 17.9 Å². The average molecular weight is 317 g/mol. The minimum atomic E-state index is -0.0865. The maximum absolute atomic E-state index is 12.2. The van der Waals surface area contributed by atoms with E-state index in [1.54, 1.807) is 16.7 Å². The van der Waals surface area contributed by atoms with Crippen LogP contribution >= 0.6 is 0 Å². The third kappa shape index (κ3) is 4.16. The minimum Gasteiger partial charge on any atom is -0.338 e. The Balaban J connectivity index is 2.14. The number of fused-ring (bicyclic) bond motifs is 1. The van der Waals surface area contributed by atoms with Crippen LogP contribution in [0.2, 0.25) is 0 Å². The van der Waals surface area contributed by atoms with Crippen LogP contribution in [0.3, 0.4) is 0 Å². The molecule has 6 heteroatoms. The molecule has 2 rings (SSSR count). The lowest BCUT2D eigenvalue weighted by atomic mass is 10.3. The second-order valence-corrected chi connectivity index (χ2v) is 5.90. The van der Waals surface area contributed by atoms with E-state index in [2.05, 4.69) is 4.98 Å². The number of nitrogens with one attached hydrogen (secondary N) is 1. The number of pyridine rings is 1. The first kappa shape index (κ1) is 17.1. The summed E-state index contributed by atoms with van der Waals surface area (Å²) in [6.07, 6.45) is 1.79. The Hall–Kier alpha value is -2.21. The topological polar surface area (TPSA) is 59.1 Å². The largest absolute Gasteiger partial charge is 0.338 e. The number of hydrogen-bond acceptors (Lipinski definition) is 3. The van der Waals surface area contributed by atoms with Crippen molar-refractivity contribution in [1.29, 1.82) is 0 Å². The normalized spacial score (nSPS) is 12.3. The lowest BCUT2D eigenvalue weighted by Crippen LogP contribution is -3.09. The number of nitrogens with zero attached hydrogens (tertiary/aromatic N) is 3. The lowest BCUT2D eigenvalue weighted by Gasteiger charge is -2.21. The molecule has 1 unspecified atom stereocenters. The lowest BCUT2D eigenvalue weighted by molar-refractivity contribution is -0.886. The molecule has 0 aliphatic heterocycles. The average Bonchev–Trinajstić information content (AvgIpc) is 2.49. The molecule has 6 nitrogen and oxygen atoms in total. The van der Waals surface area contributed by atoms with Crippen LogP contribution in [0.25, 0.3) is 5.65 Å². The van der Waals surface area contributed by atoms with E-state index in [-0.39, 0.29) is 11.5 Å². The number of amides is 1. The third-order valence-corrected chi connectivity index (χ3v) is 3.91. The third-order valence-electron chi connectivity index (χ3n) is 3.91. The zero-order chi connectivity index (χ0) is 17.0. The summed E-state index contributed by atoms with van der Waals surface area (Å²) in [7, 11) is 1.94. The van der Waals surface area contributed by atoms with Crippen LogP contribution < -0.4 is 10.5 Å². The molecule has 2 aromatic rings. The number of aryl methyl sites for hydroxylation is 1. The van der Waals surface area contributed by atoms with Crippen molar-refractivity contribution in [1.82, 2.24) is 14.3 Å². The number of aromatic nitrogens is 2. The summed E-state index contributed by atoms with van der Waals surface area (Å²) in [5.41, 5.74) is 2.28. The van der Waals surface area contributed by atoms with E-state index in [0.717, 1.165) is 23.6 Å². The first-order valence-corrected chi connectivity index (χ1v) is 8.02. The molecule has 1 atom stereocenters. The minimum absolute atomic E-state index is 0.0865. The van der Waals surface area contributed by atoms with Crippen molar-refractivity contribution in [2.24, 2.45) is 0 Å². The van der Waals surface area contributed by atoms with E-state index in [1.165, 1.54) is 0 Å². The summed E-state index contributed by atoms with van der Waals surface area (Å²) in [5.74, 6) is 0.126. The van der Waals surface area contributed by atoms with Gasteiger partial charge >= 0.3 is 0 Å². The van der Waals surface area contributed by atoms with Crippen molar-refractivity contribution >= 4 is 11.6 Å². The van der Waals surface area contributed by atoms with Gasteiger partial charge in [-0.25, -0.2) is 4.98 Å². The molecule has 0 radical (unpaired) electrons. The van der Waals surface area contributed by atoms with Crippen LogP contribution in [0.5, 0.6) is 0 Å². The van der Waals surface area contributed by atoms with Gasteiger partial charge < -0.3 is 9.80 Å². The first-order chi connectivity index (χ1) is 10.9. The number of hydrogen-bond donors (Lipinski definition) is 1. The van der Waals surface area contributed by atoms with Gasteiger partial charge in [-0.05, 0) is 32.4 Å². The van der Waals surface area contributed by atoms with E-state index < -0.39 is 0 Å². The first-order valence-electron chi connectivity index (χ1n) is 8.02. The van der Waals surface area contributed by atoms with Gasteiger partial charge in [-0.1, -0.05) is 6.07 Å². The van der Waals surface area contributed by atoms with Gasteiger partial charge in [0.25, 0.3) is 11.5 Å². The van der Waals surface area contributed by atoms with Crippen LogP contribution in [-0.4, -0.2) is 46.9 Å². The van der Waals surface area contributed by atoms with Gasteiger partial charge in [-0.3, -0.25) is 14.0 Å². The number of carbonyl (C=O) groups excluding carboxylic acids is 1. The molecule has 0 spiro atoms. The number of likely N-dealkylation sites (N-methyl/N-ethyl adjacent to an activating group) is 2. The van der Waals surface area contributed by atoms with E-state index in [9.17, 15) is 9.59 Å². The molecular weight excluding hydrogens is 292 g/mol. The predicted molar refractivity (Wildman–Crippen MR) is 89.6 cm³/mol. The van der Waals surface area contributed by atoms with Crippen LogP contribution in [-0.2, 0) is 11.3 Å². The van der Waals surface area contributed by atoms with E-state index in [1.807, 2.05) is 44.9 Å². The van der Waals surface area contributed by atoms with Gasteiger partial charge in [0.2, 0.25) is 0 Å². The molecule has 1 amide bonds. The van der Waals surface area contributed by atoms with Crippen LogP contribution in [0.1, 0.15) is 25.1 Å². The van der Waals surface area contributed by atoms with Crippen LogP contribution in [0.4, 0.5) is 0 Å². The van der Waals surface area contributed by atoms with E-state index >= 15 is 0 Å². The summed E-state index contributed by atoms with van der Waals surface area (Å²) < 4.78 is 1.55. The number of carbonyl (C=O) groups is 1. The summed E-state index contributed by atoms with van der Waals surface area (Å²) in [6.45, 7) is 8.28. The highest BCUT2D eigenvalue weighted by molar-refractivity contribution is 5.77. The Morgan fingerprint density at radius 3 is 2.65 bits per heavy atom. The van der Waals surface area contributed by atoms with Crippen molar-refractivity contribution in [2.75, 3.05) is 26.7 Å². The predicted octanol–water partition coefficient (Wildman–Crippen LogP) is -0.114.